The average Bonchev–Trinajstić information content (AvgIpc) is 2.21. The van der Waals surface area contributed by atoms with Crippen molar-refractivity contribution in [2.75, 3.05) is 0 Å². The highest BCUT2D eigenvalue weighted by Crippen LogP contribution is 2.47. The van der Waals surface area contributed by atoms with Crippen molar-refractivity contribution in [2.24, 2.45) is 11.8 Å². The maximum Gasteiger partial charge on any atom is 0.319 e. The molecule has 11 heavy (non-hydrogen) atoms. The molecule has 5 heteroatoms. The van der Waals surface area contributed by atoms with E-state index in [0.29, 0.717) is 0 Å². The lowest BCUT2D eigenvalue weighted by Gasteiger charge is -2.35. The maximum atomic E-state index is 10.8. The highest BCUT2D eigenvalue weighted by atomic mass is 35.5. The Morgan fingerprint density at radius 3 is 1.73 bits per heavy atom. The molecule has 0 spiro atoms. The fraction of sp³-hybridized carbons (Fsp3) is 0.667. The zero-order valence-corrected chi connectivity index (χ0v) is 6.80. The molecule has 0 N–H and O–H groups in total. The van der Waals surface area contributed by atoms with Gasteiger partial charge in [0.25, 0.3) is 0 Å². The van der Waals surface area contributed by atoms with E-state index in [1.54, 1.807) is 0 Å². The minimum absolute atomic E-state index is 0.444. The second-order valence-corrected chi connectivity index (χ2v) is 3.69. The summed E-state index contributed by atoms with van der Waals surface area (Å²) in [5.41, 5.74) is 0. The third-order valence-corrected chi connectivity index (χ3v) is 3.34. The van der Waals surface area contributed by atoms with Gasteiger partial charge in [0, 0.05) is 0 Å². The molecule has 3 nitrogen and oxygen atoms in total. The van der Waals surface area contributed by atoms with Crippen molar-refractivity contribution in [3.05, 3.63) is 0 Å². The standard InChI is InChI=1S/C6H4Cl2O3/c7-3-1-2(4(3)8)6(10)11-5(1)9/h1-4H/t1-,2+,3-,4-/m1/s1. The number of hydrogen-bond donors (Lipinski definition) is 0. The van der Waals surface area contributed by atoms with Crippen molar-refractivity contribution >= 4 is 35.1 Å². The Balaban J connectivity index is 2.26. The fourth-order valence-electron chi connectivity index (χ4n) is 1.44. The summed E-state index contributed by atoms with van der Waals surface area (Å²) in [4.78, 5) is 21.6. The molecule has 1 heterocycles. The van der Waals surface area contributed by atoms with Crippen LogP contribution in [0.15, 0.2) is 0 Å². The zero-order chi connectivity index (χ0) is 8.17. The van der Waals surface area contributed by atoms with Crippen LogP contribution in [0, 0.1) is 11.8 Å². The van der Waals surface area contributed by atoms with Crippen molar-refractivity contribution < 1.29 is 14.3 Å². The summed E-state index contributed by atoms with van der Waals surface area (Å²) in [6.07, 6.45) is 0. The summed E-state index contributed by atoms with van der Waals surface area (Å²) in [6, 6.07) is 0. The Hall–Kier alpha value is -0.280. The number of carbonyl (C=O) groups is 2. The number of esters is 2. The number of cyclic esters (lactones) is 2. The van der Waals surface area contributed by atoms with Gasteiger partial charge in [-0.1, -0.05) is 0 Å². The quantitative estimate of drug-likeness (QED) is 0.321. The van der Waals surface area contributed by atoms with Crippen LogP contribution in [0.2, 0.25) is 0 Å². The SMILES string of the molecule is O=C1OC(=O)[C@H]2[C@@H](Cl)[C@H](Cl)[C@@H]12. The van der Waals surface area contributed by atoms with Gasteiger partial charge in [-0.05, 0) is 0 Å². The topological polar surface area (TPSA) is 43.4 Å². The number of ether oxygens (including phenoxy) is 1. The molecule has 1 saturated carbocycles. The van der Waals surface area contributed by atoms with Crippen molar-refractivity contribution in [1.82, 2.24) is 0 Å². The van der Waals surface area contributed by atoms with Crippen molar-refractivity contribution in [3.8, 4) is 0 Å². The van der Waals surface area contributed by atoms with Gasteiger partial charge in [-0.2, -0.15) is 0 Å². The van der Waals surface area contributed by atoms with Gasteiger partial charge in [0.2, 0.25) is 0 Å². The van der Waals surface area contributed by atoms with Crippen LogP contribution in [0.3, 0.4) is 0 Å². The molecular formula is C6H4Cl2O3. The first-order valence-corrected chi connectivity index (χ1v) is 4.04. The second kappa shape index (κ2) is 2.11. The molecule has 0 radical (unpaired) electrons. The van der Waals surface area contributed by atoms with Gasteiger partial charge >= 0.3 is 11.9 Å². The summed E-state index contributed by atoms with van der Waals surface area (Å²) in [5.74, 6) is -2.05. The minimum atomic E-state index is -0.531. The molecule has 0 bridgehead atoms. The van der Waals surface area contributed by atoms with Gasteiger partial charge in [0.1, 0.15) is 0 Å². The third-order valence-electron chi connectivity index (χ3n) is 2.12. The van der Waals surface area contributed by atoms with Crippen LogP contribution in [0.4, 0.5) is 0 Å². The van der Waals surface area contributed by atoms with Crippen LogP contribution in [0.1, 0.15) is 0 Å². The Labute approximate surface area is 72.6 Å². The first kappa shape index (κ1) is 7.37. The molecule has 2 aliphatic rings. The van der Waals surface area contributed by atoms with Gasteiger partial charge in [0.05, 0.1) is 22.6 Å². The number of alkyl halides is 2. The minimum Gasteiger partial charge on any atom is -0.393 e. The van der Waals surface area contributed by atoms with Crippen LogP contribution in [-0.2, 0) is 14.3 Å². The number of hydrogen-bond acceptors (Lipinski definition) is 3. The summed E-state index contributed by atoms with van der Waals surface area (Å²) < 4.78 is 4.34. The summed E-state index contributed by atoms with van der Waals surface area (Å²) in [6.45, 7) is 0. The molecule has 1 aliphatic carbocycles. The molecule has 1 aliphatic heterocycles. The summed E-state index contributed by atoms with van der Waals surface area (Å²) in [7, 11) is 0. The van der Waals surface area contributed by atoms with E-state index in [-0.39, 0.29) is 0 Å². The van der Waals surface area contributed by atoms with Crippen LogP contribution >= 0.6 is 23.2 Å². The maximum absolute atomic E-state index is 10.8. The van der Waals surface area contributed by atoms with Gasteiger partial charge in [-0.3, -0.25) is 9.59 Å². The van der Waals surface area contributed by atoms with Crippen molar-refractivity contribution in [2.45, 2.75) is 10.8 Å². The van der Waals surface area contributed by atoms with E-state index in [4.69, 9.17) is 23.2 Å². The fourth-order valence-corrected chi connectivity index (χ4v) is 2.27. The number of halogens is 2. The van der Waals surface area contributed by atoms with E-state index in [0.717, 1.165) is 0 Å². The number of fused-ring (bicyclic) bond motifs is 1. The van der Waals surface area contributed by atoms with Gasteiger partial charge in [0.15, 0.2) is 0 Å². The Morgan fingerprint density at radius 1 is 1.00 bits per heavy atom. The second-order valence-electron chi connectivity index (χ2n) is 2.68. The molecule has 0 unspecified atom stereocenters. The van der Waals surface area contributed by atoms with E-state index in [9.17, 15) is 9.59 Å². The van der Waals surface area contributed by atoms with Crippen LogP contribution in [0.5, 0.6) is 0 Å². The normalized spacial score (nSPS) is 48.2. The lowest BCUT2D eigenvalue weighted by Crippen LogP contribution is -2.51. The molecular weight excluding hydrogens is 191 g/mol. The van der Waals surface area contributed by atoms with E-state index in [1.165, 1.54) is 0 Å². The Morgan fingerprint density at radius 2 is 1.36 bits per heavy atom. The number of carbonyl (C=O) groups excluding carboxylic acids is 2. The van der Waals surface area contributed by atoms with E-state index in [2.05, 4.69) is 4.74 Å². The molecule has 0 aromatic carbocycles. The molecule has 0 amide bonds. The predicted molar refractivity (Wildman–Crippen MR) is 37.4 cm³/mol. The lowest BCUT2D eigenvalue weighted by atomic mass is 9.74. The van der Waals surface area contributed by atoms with Crippen molar-refractivity contribution in [3.63, 3.8) is 0 Å². The number of rotatable bonds is 0. The van der Waals surface area contributed by atoms with Gasteiger partial charge in [-0.15, -0.1) is 23.2 Å². The third kappa shape index (κ3) is 0.754. The van der Waals surface area contributed by atoms with Gasteiger partial charge < -0.3 is 4.74 Å². The highest BCUT2D eigenvalue weighted by Gasteiger charge is 2.62. The summed E-state index contributed by atoms with van der Waals surface area (Å²) in [5, 5.41) is -0.888. The molecule has 60 valence electrons. The van der Waals surface area contributed by atoms with E-state index < -0.39 is 34.5 Å². The van der Waals surface area contributed by atoms with Gasteiger partial charge in [-0.25, -0.2) is 0 Å². The average molecular weight is 195 g/mol. The van der Waals surface area contributed by atoms with E-state index >= 15 is 0 Å². The van der Waals surface area contributed by atoms with E-state index in [1.807, 2.05) is 0 Å². The molecule has 2 fully saturated rings. The largest absolute Gasteiger partial charge is 0.393 e. The molecule has 2 rings (SSSR count). The first-order valence-electron chi connectivity index (χ1n) is 3.16. The lowest BCUT2D eigenvalue weighted by molar-refractivity contribution is -0.153. The monoisotopic (exact) mass is 194 g/mol. The predicted octanol–water partition coefficient (Wildman–Crippen LogP) is 0.531. The molecule has 0 aromatic heterocycles. The summed E-state index contributed by atoms with van der Waals surface area (Å²) >= 11 is 11.4. The smallest absolute Gasteiger partial charge is 0.319 e. The molecule has 0 aromatic rings. The van der Waals surface area contributed by atoms with Crippen molar-refractivity contribution in [1.29, 1.82) is 0 Å². The van der Waals surface area contributed by atoms with Crippen LogP contribution < -0.4 is 0 Å². The highest BCUT2D eigenvalue weighted by molar-refractivity contribution is 6.35. The molecule has 1 saturated heterocycles. The zero-order valence-electron chi connectivity index (χ0n) is 5.29. The Bertz CT molecular complexity index is 216. The first-order chi connectivity index (χ1) is 5.13. The molecule has 4 atom stereocenters. The van der Waals surface area contributed by atoms with Crippen LogP contribution in [-0.4, -0.2) is 22.7 Å². The Kier molecular flexibility index (Phi) is 1.41. The van der Waals surface area contributed by atoms with Crippen LogP contribution in [0.25, 0.3) is 0 Å².